The van der Waals surface area contributed by atoms with Crippen LogP contribution in [0, 0.1) is 5.92 Å². The molecular weight excluding hydrogens is 515 g/mol. The van der Waals surface area contributed by atoms with Crippen molar-refractivity contribution in [2.45, 2.75) is 76.1 Å². The zero-order valence-corrected chi connectivity index (χ0v) is 21.2. The number of pyridine rings is 1. The Morgan fingerprint density at radius 1 is 1.15 bits per heavy atom. The number of para-hydroxylation sites is 1. The third kappa shape index (κ3) is 5.19. The van der Waals surface area contributed by atoms with E-state index in [4.69, 9.17) is 9.26 Å². The molecule has 1 aliphatic carbocycles. The van der Waals surface area contributed by atoms with Crippen LogP contribution in [0.15, 0.2) is 47.1 Å². The predicted octanol–water partition coefficient (Wildman–Crippen LogP) is 6.17. The molecular formula is C28H28F3N3O5. The minimum atomic E-state index is -4.83. The van der Waals surface area contributed by atoms with Gasteiger partial charge in [-0.2, -0.15) is 0 Å². The molecule has 39 heavy (non-hydrogen) atoms. The molecule has 1 saturated carbocycles. The van der Waals surface area contributed by atoms with Crippen LogP contribution in [0.2, 0.25) is 0 Å². The molecule has 3 aliphatic rings. The number of nitrogens with zero attached hydrogens (tertiary/aromatic N) is 3. The van der Waals surface area contributed by atoms with Crippen molar-refractivity contribution < 1.29 is 37.1 Å². The van der Waals surface area contributed by atoms with Gasteiger partial charge in [0.05, 0.1) is 18.3 Å². The van der Waals surface area contributed by atoms with E-state index in [-0.39, 0.29) is 47.6 Å². The lowest BCUT2D eigenvalue weighted by molar-refractivity contribution is -0.274. The lowest BCUT2D eigenvalue weighted by atomic mass is 9.96. The van der Waals surface area contributed by atoms with Gasteiger partial charge < -0.3 is 24.0 Å². The molecule has 11 heteroatoms. The van der Waals surface area contributed by atoms with Crippen molar-refractivity contribution in [3.05, 3.63) is 59.5 Å². The molecule has 206 valence electrons. The Hall–Kier alpha value is -3.60. The van der Waals surface area contributed by atoms with Crippen molar-refractivity contribution in [3.63, 3.8) is 0 Å². The second-order valence-electron chi connectivity index (χ2n) is 10.6. The quantitative estimate of drug-likeness (QED) is 0.360. The van der Waals surface area contributed by atoms with Gasteiger partial charge in [0.1, 0.15) is 23.0 Å². The van der Waals surface area contributed by atoms with Crippen molar-refractivity contribution in [2.24, 2.45) is 5.92 Å². The van der Waals surface area contributed by atoms with Gasteiger partial charge in [0, 0.05) is 35.3 Å². The fraction of sp³-hybridized carbons (Fsp3) is 0.464. The Labute approximate surface area is 222 Å². The van der Waals surface area contributed by atoms with Crippen molar-refractivity contribution in [1.82, 2.24) is 10.1 Å². The monoisotopic (exact) mass is 543 g/mol. The van der Waals surface area contributed by atoms with Gasteiger partial charge in [-0.15, -0.1) is 13.2 Å². The van der Waals surface area contributed by atoms with Crippen LogP contribution in [0.4, 0.5) is 19.0 Å². The molecule has 4 heterocycles. The summed E-state index contributed by atoms with van der Waals surface area (Å²) in [5.41, 5.74) is 1.34. The first kappa shape index (κ1) is 25.7. The number of anilines is 1. The summed E-state index contributed by atoms with van der Waals surface area (Å²) in [5, 5.41) is 13.4. The van der Waals surface area contributed by atoms with Gasteiger partial charge >= 0.3 is 12.3 Å². The van der Waals surface area contributed by atoms with Crippen LogP contribution in [-0.4, -0.2) is 45.8 Å². The summed E-state index contributed by atoms with van der Waals surface area (Å²) in [6, 6.07) is 9.64. The van der Waals surface area contributed by atoms with Crippen LogP contribution in [-0.2, 0) is 11.3 Å². The van der Waals surface area contributed by atoms with Crippen LogP contribution in [0.25, 0.3) is 11.3 Å². The predicted molar refractivity (Wildman–Crippen MR) is 133 cm³/mol. The number of alkyl halides is 3. The first-order chi connectivity index (χ1) is 18.7. The van der Waals surface area contributed by atoms with E-state index in [9.17, 15) is 23.1 Å². The first-order valence-electron chi connectivity index (χ1n) is 13.1. The zero-order chi connectivity index (χ0) is 27.3. The van der Waals surface area contributed by atoms with Gasteiger partial charge in [0.15, 0.2) is 0 Å². The van der Waals surface area contributed by atoms with Gasteiger partial charge in [0.2, 0.25) is 0 Å². The number of halogens is 3. The van der Waals surface area contributed by atoms with Gasteiger partial charge in [-0.25, -0.2) is 9.78 Å². The van der Waals surface area contributed by atoms with Crippen LogP contribution in [0.1, 0.15) is 66.6 Å². The smallest absolute Gasteiger partial charge is 0.478 e. The molecule has 2 saturated heterocycles. The number of aromatic carboxylic acids is 1. The third-order valence-electron chi connectivity index (χ3n) is 7.95. The molecule has 3 fully saturated rings. The molecule has 2 aliphatic heterocycles. The summed E-state index contributed by atoms with van der Waals surface area (Å²) in [5.74, 6) is 0.689. The average Bonchev–Trinajstić information content (AvgIpc) is 3.61. The number of rotatable bonds is 8. The van der Waals surface area contributed by atoms with Crippen molar-refractivity contribution in [2.75, 3.05) is 4.90 Å². The SMILES string of the molecule is CC1CC2CC(OCc3c(-c4ccccc4OC(F)(F)F)noc3C3CC3)CC1N2c1ccc(C(=O)O)cn1. The highest BCUT2D eigenvalue weighted by Crippen LogP contribution is 2.47. The second-order valence-corrected chi connectivity index (χ2v) is 10.6. The van der Waals surface area contributed by atoms with E-state index >= 15 is 0 Å². The summed E-state index contributed by atoms with van der Waals surface area (Å²) >= 11 is 0. The first-order valence-corrected chi connectivity index (χ1v) is 13.1. The average molecular weight is 544 g/mol. The molecule has 6 rings (SSSR count). The number of hydrogen-bond acceptors (Lipinski definition) is 7. The zero-order valence-electron chi connectivity index (χ0n) is 21.2. The Morgan fingerprint density at radius 2 is 1.95 bits per heavy atom. The highest BCUT2D eigenvalue weighted by Gasteiger charge is 2.46. The topological polar surface area (TPSA) is 97.9 Å². The Kier molecular flexibility index (Phi) is 6.49. The largest absolute Gasteiger partial charge is 0.573 e. The Balaban J connectivity index is 1.21. The van der Waals surface area contributed by atoms with E-state index in [2.05, 4.69) is 26.7 Å². The normalized spacial score (nSPS) is 24.7. The molecule has 8 nitrogen and oxygen atoms in total. The van der Waals surface area contributed by atoms with Crippen molar-refractivity contribution in [1.29, 1.82) is 0 Å². The van der Waals surface area contributed by atoms with E-state index in [1.165, 1.54) is 18.3 Å². The number of carbonyl (C=O) groups is 1. The lowest BCUT2D eigenvalue weighted by Crippen LogP contribution is -2.47. The highest BCUT2D eigenvalue weighted by atomic mass is 19.4. The molecule has 0 spiro atoms. The number of piperidine rings is 1. The molecule has 0 amide bonds. The fourth-order valence-electron chi connectivity index (χ4n) is 6.04. The number of benzene rings is 1. The molecule has 2 bridgehead atoms. The second kappa shape index (κ2) is 9.86. The maximum Gasteiger partial charge on any atom is 0.573 e. The summed E-state index contributed by atoms with van der Waals surface area (Å²) in [6.07, 6.45) is 0.868. The van der Waals surface area contributed by atoms with Gasteiger partial charge in [-0.1, -0.05) is 24.2 Å². The molecule has 3 aromatic rings. The number of aromatic nitrogens is 2. The maximum atomic E-state index is 13.1. The Morgan fingerprint density at radius 3 is 2.62 bits per heavy atom. The highest BCUT2D eigenvalue weighted by molar-refractivity contribution is 5.87. The number of hydrogen-bond donors (Lipinski definition) is 1. The molecule has 4 unspecified atom stereocenters. The van der Waals surface area contributed by atoms with Gasteiger partial charge in [-0.05, 0) is 62.3 Å². The molecule has 0 radical (unpaired) electrons. The molecule has 1 N–H and O–H groups in total. The van der Waals surface area contributed by atoms with E-state index in [1.54, 1.807) is 24.3 Å². The fourth-order valence-corrected chi connectivity index (χ4v) is 6.04. The summed E-state index contributed by atoms with van der Waals surface area (Å²) < 4.78 is 55.6. The Bertz CT molecular complexity index is 1360. The third-order valence-corrected chi connectivity index (χ3v) is 7.95. The summed E-state index contributed by atoms with van der Waals surface area (Å²) in [4.78, 5) is 17.9. The summed E-state index contributed by atoms with van der Waals surface area (Å²) in [6.45, 7) is 2.38. The van der Waals surface area contributed by atoms with Gasteiger partial charge in [0.25, 0.3) is 0 Å². The van der Waals surface area contributed by atoms with Crippen molar-refractivity contribution in [3.8, 4) is 17.0 Å². The van der Waals surface area contributed by atoms with Crippen LogP contribution >= 0.6 is 0 Å². The van der Waals surface area contributed by atoms with Crippen LogP contribution < -0.4 is 9.64 Å². The van der Waals surface area contributed by atoms with Crippen LogP contribution in [0.5, 0.6) is 5.75 Å². The maximum absolute atomic E-state index is 13.1. The molecule has 1 aromatic carbocycles. The number of fused-ring (bicyclic) bond motifs is 2. The van der Waals surface area contributed by atoms with Crippen molar-refractivity contribution >= 4 is 11.8 Å². The molecule has 2 aromatic heterocycles. The number of ether oxygens (including phenoxy) is 2. The molecule has 4 atom stereocenters. The minimum Gasteiger partial charge on any atom is -0.478 e. The van der Waals surface area contributed by atoms with E-state index in [0.717, 1.165) is 37.9 Å². The van der Waals surface area contributed by atoms with E-state index < -0.39 is 12.3 Å². The van der Waals surface area contributed by atoms with E-state index in [1.807, 2.05) is 0 Å². The number of carboxylic acids is 1. The number of carboxylic acid groups (broad SMARTS) is 1. The van der Waals surface area contributed by atoms with E-state index in [0.29, 0.717) is 22.9 Å². The minimum absolute atomic E-state index is 0.0593. The summed E-state index contributed by atoms with van der Waals surface area (Å²) in [7, 11) is 0. The lowest BCUT2D eigenvalue weighted by Gasteiger charge is -2.40. The van der Waals surface area contributed by atoms with Gasteiger partial charge in [-0.3, -0.25) is 0 Å². The standard InChI is InChI=1S/C28H28F3N3O5/c1-15-10-18-11-19(12-22(15)34(18)24-9-8-17(13-32-24)27(35)36)37-14-21-25(33-39-26(21)16-6-7-16)20-4-2-3-5-23(20)38-28(29,30)31/h2-5,8-9,13,15-16,18-19,22H,6-7,10-12,14H2,1H3,(H,35,36). The van der Waals surface area contributed by atoms with Crippen LogP contribution in [0.3, 0.4) is 0 Å².